The van der Waals surface area contributed by atoms with Gasteiger partial charge in [0.25, 0.3) is 0 Å². The van der Waals surface area contributed by atoms with E-state index in [1.807, 2.05) is 36.6 Å². The maximum atomic E-state index is 13.8. The molecule has 1 aromatic carbocycles. The molecule has 45 heavy (non-hydrogen) atoms. The Balaban J connectivity index is 1.79. The second kappa shape index (κ2) is 19.5. The number of carbonyl (C=O) groups is 3. The first-order chi connectivity index (χ1) is 21.7. The van der Waals surface area contributed by atoms with Crippen LogP contribution in [0.3, 0.4) is 0 Å². The number of rotatable bonds is 17. The molecule has 4 amide bonds. The number of benzene rings is 1. The van der Waals surface area contributed by atoms with Crippen molar-refractivity contribution in [2.24, 2.45) is 5.92 Å². The number of aliphatic hydroxyl groups excluding tert-OH is 1. The molecule has 3 rings (SSSR count). The third-order valence-corrected chi connectivity index (χ3v) is 11.0. The fourth-order valence-corrected chi connectivity index (χ4v) is 8.08. The normalized spacial score (nSPS) is 18.8. The smallest absolute Gasteiger partial charge is 0.360 e. The summed E-state index contributed by atoms with van der Waals surface area (Å²) in [5.74, 6) is -2.13. The number of hydrogen-bond donors (Lipinski definition) is 4. The molecule has 0 aromatic heterocycles. The molecule has 0 bridgehead atoms. The van der Waals surface area contributed by atoms with E-state index in [1.54, 1.807) is 18.7 Å². The Hall–Kier alpha value is -2.15. The number of amides is 4. The van der Waals surface area contributed by atoms with E-state index in [9.17, 15) is 24.1 Å². The maximum Gasteiger partial charge on any atom is 0.360 e. The fourth-order valence-electron chi connectivity index (χ4n) is 5.78. The summed E-state index contributed by atoms with van der Waals surface area (Å²) < 4.78 is 29.8. The van der Waals surface area contributed by atoms with E-state index in [2.05, 4.69) is 16.0 Å². The molecule has 0 spiro atoms. The highest BCUT2D eigenvalue weighted by atomic mass is 32.2. The van der Waals surface area contributed by atoms with Gasteiger partial charge < -0.3 is 39.7 Å². The third-order valence-electron chi connectivity index (χ3n) is 8.10. The summed E-state index contributed by atoms with van der Waals surface area (Å²) in [5.41, 5.74) is 0.851. The van der Waals surface area contributed by atoms with E-state index in [0.29, 0.717) is 32.7 Å². The molecule has 1 heterocycles. The van der Waals surface area contributed by atoms with Crippen molar-refractivity contribution in [3.63, 3.8) is 0 Å². The van der Waals surface area contributed by atoms with Crippen LogP contribution in [0.4, 0.5) is 4.79 Å². The Labute approximate surface area is 271 Å². The molecule has 1 aliphatic heterocycles. The Morgan fingerprint density at radius 2 is 1.60 bits per heavy atom. The summed E-state index contributed by atoms with van der Waals surface area (Å²) in [6.07, 6.45) is 7.60. The minimum absolute atomic E-state index is 0.0720. The second-order valence-corrected chi connectivity index (χ2v) is 14.5. The zero-order chi connectivity index (χ0) is 32.7. The van der Waals surface area contributed by atoms with Gasteiger partial charge in [0.2, 0.25) is 11.8 Å². The number of nitrogens with zero attached hydrogens (tertiary/aromatic N) is 1. The highest BCUT2D eigenvalue weighted by molar-refractivity contribution is 7.98. The van der Waals surface area contributed by atoms with Crippen LogP contribution >= 0.6 is 19.4 Å². The molecule has 2 aliphatic rings. The van der Waals surface area contributed by atoms with Gasteiger partial charge in [-0.1, -0.05) is 62.4 Å². The lowest BCUT2D eigenvalue weighted by atomic mass is 9.85. The van der Waals surface area contributed by atoms with Crippen LogP contribution in [-0.4, -0.2) is 103 Å². The quantitative estimate of drug-likeness (QED) is 0.182. The number of aliphatic hydroxyl groups is 1. The molecular weight excluding hydrogens is 619 g/mol. The molecule has 14 heteroatoms. The van der Waals surface area contributed by atoms with Crippen LogP contribution in [0.15, 0.2) is 30.3 Å². The largest absolute Gasteiger partial charge is 0.379 e. The van der Waals surface area contributed by atoms with Crippen molar-refractivity contribution in [2.45, 2.75) is 82.8 Å². The zero-order valence-corrected chi connectivity index (χ0v) is 28.5. The standard InChI is InChI=1S/C31H51N4O8PS/c1-4-42-44(40,43-5-2)30(38)26(21-24-14-10-7-11-15-24)32-29(37)27(22-45-3)33-28(36)25(20-23-12-8-6-9-13-23)34-31(39)35-16-18-41-19-17-35/h6,8-9,12-13,24-27,30,38H,4-5,7,10-11,14-22H2,1-3H3,(H,32,37)(H,33,36)(H,34,39)/t25-,26-,27-,30?/m0/s1. The first-order valence-corrected chi connectivity index (χ1v) is 19.0. The van der Waals surface area contributed by atoms with Crippen LogP contribution < -0.4 is 16.0 Å². The highest BCUT2D eigenvalue weighted by Gasteiger charge is 2.42. The topological polar surface area (TPSA) is 156 Å². The molecule has 1 aromatic rings. The van der Waals surface area contributed by atoms with Gasteiger partial charge in [-0.2, -0.15) is 11.8 Å². The molecule has 254 valence electrons. The predicted octanol–water partition coefficient (Wildman–Crippen LogP) is 3.53. The second-order valence-electron chi connectivity index (χ2n) is 11.5. The van der Waals surface area contributed by atoms with Gasteiger partial charge in [0, 0.05) is 25.3 Å². The molecule has 1 saturated carbocycles. The average Bonchev–Trinajstić information content (AvgIpc) is 3.05. The van der Waals surface area contributed by atoms with Crippen molar-refractivity contribution in [3.05, 3.63) is 35.9 Å². The lowest BCUT2D eigenvalue weighted by molar-refractivity contribution is -0.130. The number of thioether (sulfide) groups is 1. The Morgan fingerprint density at radius 3 is 2.20 bits per heavy atom. The SMILES string of the molecule is CCOP(=O)(OCC)C(O)[C@H](CC1CCCCC1)NC(=O)[C@H](CSC)NC(=O)[C@H](Cc1ccccc1)NC(=O)N1CCOCC1. The van der Waals surface area contributed by atoms with Gasteiger partial charge in [0.15, 0.2) is 5.85 Å². The van der Waals surface area contributed by atoms with Crippen LogP contribution in [0.25, 0.3) is 0 Å². The molecule has 1 unspecified atom stereocenters. The molecule has 2 fully saturated rings. The third kappa shape index (κ3) is 11.9. The van der Waals surface area contributed by atoms with Gasteiger partial charge in [-0.15, -0.1) is 0 Å². The Morgan fingerprint density at radius 1 is 0.978 bits per heavy atom. The van der Waals surface area contributed by atoms with Gasteiger partial charge in [-0.3, -0.25) is 14.2 Å². The van der Waals surface area contributed by atoms with Gasteiger partial charge >= 0.3 is 13.6 Å². The monoisotopic (exact) mass is 670 g/mol. The van der Waals surface area contributed by atoms with Crippen molar-refractivity contribution in [1.29, 1.82) is 0 Å². The van der Waals surface area contributed by atoms with Crippen LogP contribution in [0.2, 0.25) is 0 Å². The van der Waals surface area contributed by atoms with Crippen molar-refractivity contribution >= 4 is 37.2 Å². The van der Waals surface area contributed by atoms with Gasteiger partial charge in [0.05, 0.1) is 32.5 Å². The Bertz CT molecular complexity index is 1090. The van der Waals surface area contributed by atoms with Crippen molar-refractivity contribution in [2.75, 3.05) is 51.5 Å². The van der Waals surface area contributed by atoms with E-state index in [0.717, 1.165) is 37.7 Å². The fraction of sp³-hybridized carbons (Fsp3) is 0.710. The number of urea groups is 1. The van der Waals surface area contributed by atoms with Crippen LogP contribution in [-0.2, 0) is 34.4 Å². The molecule has 4 atom stereocenters. The molecule has 12 nitrogen and oxygen atoms in total. The van der Waals surface area contributed by atoms with Crippen molar-refractivity contribution in [1.82, 2.24) is 20.9 Å². The average molecular weight is 671 g/mol. The van der Waals surface area contributed by atoms with Crippen molar-refractivity contribution < 1.29 is 37.8 Å². The lowest BCUT2D eigenvalue weighted by Gasteiger charge is -2.34. The summed E-state index contributed by atoms with van der Waals surface area (Å²) in [6, 6.07) is 6.13. The number of nitrogens with one attached hydrogen (secondary N) is 3. The predicted molar refractivity (Wildman–Crippen MR) is 175 cm³/mol. The first kappa shape index (κ1) is 37.3. The van der Waals surface area contributed by atoms with Gasteiger partial charge in [-0.25, -0.2) is 4.79 Å². The summed E-state index contributed by atoms with van der Waals surface area (Å²) in [7, 11) is -3.96. The van der Waals surface area contributed by atoms with E-state index in [1.165, 1.54) is 11.8 Å². The van der Waals surface area contributed by atoms with Crippen molar-refractivity contribution in [3.8, 4) is 0 Å². The van der Waals surface area contributed by atoms with Crippen LogP contribution in [0.5, 0.6) is 0 Å². The zero-order valence-electron chi connectivity index (χ0n) is 26.8. The molecular formula is C31H51N4O8PS. The van der Waals surface area contributed by atoms with E-state index >= 15 is 0 Å². The van der Waals surface area contributed by atoms with Crippen LogP contribution in [0, 0.1) is 5.92 Å². The van der Waals surface area contributed by atoms with E-state index in [4.69, 9.17) is 13.8 Å². The minimum Gasteiger partial charge on any atom is -0.379 e. The summed E-state index contributed by atoms with van der Waals surface area (Å²) in [5, 5.41) is 20.0. The number of carbonyl (C=O) groups excluding carboxylic acids is 3. The van der Waals surface area contributed by atoms with E-state index < -0.39 is 43.4 Å². The minimum atomic E-state index is -3.96. The lowest BCUT2D eigenvalue weighted by Crippen LogP contribution is -2.59. The maximum absolute atomic E-state index is 13.8. The van der Waals surface area contributed by atoms with Gasteiger partial charge in [0.1, 0.15) is 12.1 Å². The Kier molecular flexibility index (Phi) is 16.2. The summed E-state index contributed by atoms with van der Waals surface area (Å²) in [6.45, 7) is 5.16. The number of morpholine rings is 1. The molecule has 1 saturated heterocycles. The summed E-state index contributed by atoms with van der Waals surface area (Å²) >= 11 is 1.37. The molecule has 1 aliphatic carbocycles. The number of hydrogen-bond acceptors (Lipinski definition) is 9. The van der Waals surface area contributed by atoms with E-state index in [-0.39, 0.29) is 37.3 Å². The van der Waals surface area contributed by atoms with Gasteiger partial charge in [-0.05, 0) is 38.0 Å². The van der Waals surface area contributed by atoms with Crippen LogP contribution in [0.1, 0.15) is 57.9 Å². The molecule has 4 N–H and O–H groups in total. The molecule has 0 radical (unpaired) electrons. The number of ether oxygens (including phenoxy) is 1. The summed E-state index contributed by atoms with van der Waals surface area (Å²) in [4.78, 5) is 42.2. The first-order valence-electron chi connectivity index (χ1n) is 16.0. The highest BCUT2D eigenvalue weighted by Crippen LogP contribution is 2.54.